The molecule has 2 unspecified atom stereocenters. The van der Waals surface area contributed by atoms with Gasteiger partial charge in [0, 0.05) is 35.3 Å². The Morgan fingerprint density at radius 1 is 1.38 bits per heavy atom. The number of nitrogens with two attached hydrogens (primary N) is 1. The van der Waals surface area contributed by atoms with E-state index in [9.17, 15) is 10.1 Å². The minimum absolute atomic E-state index is 0.0206. The van der Waals surface area contributed by atoms with Crippen molar-refractivity contribution in [2.24, 2.45) is 5.73 Å². The van der Waals surface area contributed by atoms with Crippen molar-refractivity contribution in [1.82, 2.24) is 4.98 Å². The van der Waals surface area contributed by atoms with Gasteiger partial charge in [-0.2, -0.15) is 0 Å². The lowest BCUT2D eigenvalue weighted by molar-refractivity contribution is -0.384. The van der Waals surface area contributed by atoms with E-state index in [1.165, 1.54) is 12.1 Å². The van der Waals surface area contributed by atoms with E-state index >= 15 is 0 Å². The maximum Gasteiger partial charge on any atom is 0.270 e. The number of non-ortho nitro benzene ring substituents is 1. The Balaban J connectivity index is 2.06. The number of nitro groups is 1. The molecule has 6 heteroatoms. The maximum atomic E-state index is 10.9. The largest absolute Gasteiger partial charge is 0.488 e. The molecular formula is C15H17N3O3. The van der Waals surface area contributed by atoms with Gasteiger partial charge in [0.25, 0.3) is 5.69 Å². The molecule has 0 aliphatic heterocycles. The van der Waals surface area contributed by atoms with Gasteiger partial charge >= 0.3 is 0 Å². The lowest BCUT2D eigenvalue weighted by Crippen LogP contribution is -2.33. The van der Waals surface area contributed by atoms with Crippen LogP contribution in [0.2, 0.25) is 0 Å². The fourth-order valence-electron chi connectivity index (χ4n) is 2.78. The molecule has 1 aromatic heterocycles. The van der Waals surface area contributed by atoms with Gasteiger partial charge in [0.1, 0.15) is 11.9 Å². The summed E-state index contributed by atoms with van der Waals surface area (Å²) in [6.45, 7) is 1.88. The summed E-state index contributed by atoms with van der Waals surface area (Å²) in [6.07, 6.45) is 2.88. The third-order valence-electron chi connectivity index (χ3n) is 3.88. The van der Waals surface area contributed by atoms with Crippen molar-refractivity contribution >= 4 is 16.6 Å². The number of nitro benzene ring substituents is 1. The van der Waals surface area contributed by atoms with Gasteiger partial charge in [-0.3, -0.25) is 15.1 Å². The summed E-state index contributed by atoms with van der Waals surface area (Å²) in [5, 5.41) is 11.6. The summed E-state index contributed by atoms with van der Waals surface area (Å²) >= 11 is 0. The van der Waals surface area contributed by atoms with Gasteiger partial charge in [0.15, 0.2) is 0 Å². The van der Waals surface area contributed by atoms with E-state index in [4.69, 9.17) is 10.5 Å². The normalized spacial score (nSPS) is 21.6. The van der Waals surface area contributed by atoms with Gasteiger partial charge in [0.05, 0.1) is 10.4 Å². The van der Waals surface area contributed by atoms with Gasteiger partial charge in [-0.1, -0.05) is 0 Å². The van der Waals surface area contributed by atoms with Crippen molar-refractivity contribution in [3.8, 4) is 5.75 Å². The number of fused-ring (bicyclic) bond motifs is 1. The Morgan fingerprint density at radius 3 is 2.86 bits per heavy atom. The van der Waals surface area contributed by atoms with E-state index in [2.05, 4.69) is 4.98 Å². The predicted octanol–water partition coefficient (Wildman–Crippen LogP) is 2.71. The van der Waals surface area contributed by atoms with Crippen LogP contribution >= 0.6 is 0 Å². The van der Waals surface area contributed by atoms with Crippen LogP contribution in [0.25, 0.3) is 10.9 Å². The molecule has 1 saturated carbocycles. The van der Waals surface area contributed by atoms with Crippen LogP contribution in [0.1, 0.15) is 25.0 Å². The Kier molecular flexibility index (Phi) is 3.47. The minimum Gasteiger partial charge on any atom is -0.488 e. The number of ether oxygens (including phenoxy) is 1. The molecule has 1 fully saturated rings. The fourth-order valence-corrected chi connectivity index (χ4v) is 2.78. The van der Waals surface area contributed by atoms with E-state index in [1.54, 1.807) is 6.07 Å². The first kappa shape index (κ1) is 13.8. The Morgan fingerprint density at radius 2 is 2.19 bits per heavy atom. The summed E-state index contributed by atoms with van der Waals surface area (Å²) in [5.41, 5.74) is 7.59. The van der Waals surface area contributed by atoms with Crippen LogP contribution in [0.15, 0.2) is 24.3 Å². The second kappa shape index (κ2) is 5.29. The Bertz CT molecular complexity index is 702. The molecule has 1 aliphatic carbocycles. The predicted molar refractivity (Wildman–Crippen MR) is 79.4 cm³/mol. The van der Waals surface area contributed by atoms with Crippen LogP contribution in [0.4, 0.5) is 5.69 Å². The summed E-state index contributed by atoms with van der Waals surface area (Å²) in [6, 6.07) is 6.46. The molecule has 3 rings (SSSR count). The third-order valence-corrected chi connectivity index (χ3v) is 3.88. The lowest BCUT2D eigenvalue weighted by atomic mass is 10.1. The van der Waals surface area contributed by atoms with Crippen LogP contribution in [0, 0.1) is 17.0 Å². The van der Waals surface area contributed by atoms with Gasteiger partial charge in [0.2, 0.25) is 0 Å². The van der Waals surface area contributed by atoms with E-state index in [0.717, 1.165) is 25.0 Å². The third kappa shape index (κ3) is 2.67. The highest BCUT2D eigenvalue weighted by Gasteiger charge is 2.26. The number of benzene rings is 1. The van der Waals surface area contributed by atoms with Crippen molar-refractivity contribution in [3.05, 3.63) is 40.1 Å². The minimum atomic E-state index is -0.412. The van der Waals surface area contributed by atoms with Crippen molar-refractivity contribution in [3.63, 3.8) is 0 Å². The standard InChI is InChI=1S/C15H17N3O3/c1-9-7-15(21-14-4-2-3-12(14)16)11-8-10(18(19)20)5-6-13(11)17-9/h5-8,12,14H,2-4,16H2,1H3. The smallest absolute Gasteiger partial charge is 0.270 e. The van der Waals surface area contributed by atoms with Crippen molar-refractivity contribution in [1.29, 1.82) is 0 Å². The highest BCUT2D eigenvalue weighted by molar-refractivity contribution is 5.87. The second-order valence-electron chi connectivity index (χ2n) is 5.47. The molecule has 0 amide bonds. The quantitative estimate of drug-likeness (QED) is 0.692. The first-order chi connectivity index (χ1) is 10.0. The van der Waals surface area contributed by atoms with Gasteiger partial charge in [-0.15, -0.1) is 0 Å². The molecule has 1 aliphatic rings. The molecule has 0 bridgehead atoms. The zero-order valence-electron chi connectivity index (χ0n) is 11.8. The Labute approximate surface area is 122 Å². The molecular weight excluding hydrogens is 270 g/mol. The molecule has 0 saturated heterocycles. The number of nitrogens with zero attached hydrogens (tertiary/aromatic N) is 2. The van der Waals surface area contributed by atoms with Crippen LogP contribution in [-0.2, 0) is 0 Å². The van der Waals surface area contributed by atoms with E-state index in [1.807, 2.05) is 13.0 Å². The molecule has 110 valence electrons. The number of hydrogen-bond donors (Lipinski definition) is 1. The molecule has 1 aromatic carbocycles. The zero-order chi connectivity index (χ0) is 15.0. The average molecular weight is 287 g/mol. The van der Waals surface area contributed by atoms with Crippen LogP contribution < -0.4 is 10.5 Å². The average Bonchev–Trinajstić information content (AvgIpc) is 2.83. The number of aromatic nitrogens is 1. The van der Waals surface area contributed by atoms with Crippen molar-refractivity contribution in [2.45, 2.75) is 38.3 Å². The highest BCUT2D eigenvalue weighted by Crippen LogP contribution is 2.32. The molecule has 2 aromatic rings. The fraction of sp³-hybridized carbons (Fsp3) is 0.400. The molecule has 2 atom stereocenters. The first-order valence-electron chi connectivity index (χ1n) is 7.02. The van der Waals surface area contributed by atoms with Gasteiger partial charge in [-0.25, -0.2) is 0 Å². The van der Waals surface area contributed by atoms with Crippen LogP contribution in [0.3, 0.4) is 0 Å². The van der Waals surface area contributed by atoms with E-state index in [-0.39, 0.29) is 17.8 Å². The monoisotopic (exact) mass is 287 g/mol. The number of pyridine rings is 1. The summed E-state index contributed by atoms with van der Waals surface area (Å²) < 4.78 is 6.03. The van der Waals surface area contributed by atoms with E-state index < -0.39 is 4.92 Å². The van der Waals surface area contributed by atoms with Gasteiger partial charge < -0.3 is 10.5 Å². The molecule has 6 nitrogen and oxygen atoms in total. The summed E-state index contributed by atoms with van der Waals surface area (Å²) in [5.74, 6) is 0.628. The molecule has 1 heterocycles. The first-order valence-corrected chi connectivity index (χ1v) is 7.02. The zero-order valence-corrected chi connectivity index (χ0v) is 11.8. The number of aryl methyl sites for hydroxylation is 1. The molecule has 2 N–H and O–H groups in total. The molecule has 21 heavy (non-hydrogen) atoms. The molecule has 0 radical (unpaired) electrons. The molecule has 0 spiro atoms. The lowest BCUT2D eigenvalue weighted by Gasteiger charge is -2.19. The Hall–Kier alpha value is -2.21. The highest BCUT2D eigenvalue weighted by atomic mass is 16.6. The number of hydrogen-bond acceptors (Lipinski definition) is 5. The summed E-state index contributed by atoms with van der Waals surface area (Å²) in [4.78, 5) is 14.9. The van der Waals surface area contributed by atoms with E-state index in [0.29, 0.717) is 16.7 Å². The maximum absolute atomic E-state index is 10.9. The topological polar surface area (TPSA) is 91.3 Å². The van der Waals surface area contributed by atoms with Crippen molar-refractivity contribution < 1.29 is 9.66 Å². The summed E-state index contributed by atoms with van der Waals surface area (Å²) in [7, 11) is 0. The number of rotatable bonds is 3. The SMILES string of the molecule is Cc1cc(OC2CCCC2N)c2cc([N+](=O)[O-])ccc2n1. The van der Waals surface area contributed by atoms with Crippen molar-refractivity contribution in [2.75, 3.05) is 0 Å². The van der Waals surface area contributed by atoms with Crippen LogP contribution in [-0.4, -0.2) is 22.1 Å². The van der Waals surface area contributed by atoms with Gasteiger partial charge in [-0.05, 0) is 32.3 Å². The second-order valence-corrected chi connectivity index (χ2v) is 5.47. The van der Waals surface area contributed by atoms with Crippen LogP contribution in [0.5, 0.6) is 5.75 Å².